The maximum Gasteiger partial charge on any atom is 0.300 e. The van der Waals surface area contributed by atoms with Gasteiger partial charge >= 0.3 is 0 Å². The van der Waals surface area contributed by atoms with Crippen molar-refractivity contribution in [1.29, 1.82) is 0 Å². The minimum atomic E-state index is -0.275. The molecule has 4 nitrogen and oxygen atoms in total. The molecule has 0 aliphatic rings. The number of amides is 1. The average Bonchev–Trinajstić information content (AvgIpc) is 2.95. The van der Waals surface area contributed by atoms with Crippen molar-refractivity contribution in [3.8, 4) is 0 Å². The lowest BCUT2D eigenvalue weighted by Crippen LogP contribution is -2.19. The maximum atomic E-state index is 12.0. The third-order valence-corrected chi connectivity index (χ3v) is 4.28. The molecule has 0 unspecified atom stereocenters. The number of carbonyl (C=O) groups excluding carboxylic acids is 1. The van der Waals surface area contributed by atoms with Gasteiger partial charge in [-0.25, -0.2) is 10.4 Å². The molecular weight excluding hydrogens is 350 g/mol. The average molecular weight is 366 g/mol. The highest BCUT2D eigenvalue weighted by Crippen LogP contribution is 2.17. The fraction of sp³-hybridized carbons (Fsp3) is 0.267. The Bertz CT molecular complexity index is 662. The van der Waals surface area contributed by atoms with E-state index in [0.29, 0.717) is 10.9 Å². The topological polar surface area (TPSA) is 54.4 Å². The van der Waals surface area contributed by atoms with Crippen molar-refractivity contribution in [2.75, 3.05) is 0 Å². The molecule has 0 saturated carbocycles. The lowest BCUT2D eigenvalue weighted by molar-refractivity contribution is 0.0954. The third-order valence-electron chi connectivity index (χ3n) is 2.89. The minimum Gasteiger partial charge on any atom is -0.265 e. The molecule has 1 aromatic heterocycles. The first-order valence-corrected chi connectivity index (χ1v) is 8.20. The zero-order chi connectivity index (χ0) is 15.4. The number of carbonyl (C=O) groups is 1. The quantitative estimate of drug-likeness (QED) is 0.652. The molecule has 110 valence electrons. The summed E-state index contributed by atoms with van der Waals surface area (Å²) in [6.45, 7) is 5.95. The predicted molar refractivity (Wildman–Crippen MR) is 90.0 cm³/mol. The highest BCUT2D eigenvalue weighted by molar-refractivity contribution is 9.10. The Balaban J connectivity index is 2.05. The van der Waals surface area contributed by atoms with E-state index in [1.807, 2.05) is 50.4 Å². The van der Waals surface area contributed by atoms with E-state index in [-0.39, 0.29) is 5.91 Å². The Morgan fingerprint density at radius 2 is 2.00 bits per heavy atom. The van der Waals surface area contributed by atoms with E-state index in [1.165, 1.54) is 11.3 Å². The second-order valence-electron chi connectivity index (χ2n) is 4.88. The van der Waals surface area contributed by atoms with E-state index < -0.39 is 0 Å². The van der Waals surface area contributed by atoms with Crippen molar-refractivity contribution < 1.29 is 4.79 Å². The van der Waals surface area contributed by atoms with Crippen LogP contribution in [0.2, 0.25) is 0 Å². The Morgan fingerprint density at radius 3 is 2.57 bits per heavy atom. The van der Waals surface area contributed by atoms with Crippen molar-refractivity contribution >= 4 is 38.9 Å². The third kappa shape index (κ3) is 4.22. The first-order valence-electron chi connectivity index (χ1n) is 6.53. The van der Waals surface area contributed by atoms with Crippen LogP contribution < -0.4 is 5.43 Å². The van der Waals surface area contributed by atoms with Gasteiger partial charge in [-0.3, -0.25) is 4.79 Å². The van der Waals surface area contributed by atoms with Crippen LogP contribution in [0.25, 0.3) is 0 Å². The largest absolute Gasteiger partial charge is 0.300 e. The molecule has 6 heteroatoms. The molecule has 0 atom stereocenters. The van der Waals surface area contributed by atoms with Gasteiger partial charge in [0.15, 0.2) is 5.01 Å². The molecule has 0 fully saturated rings. The summed E-state index contributed by atoms with van der Waals surface area (Å²) in [6, 6.07) is 7.75. The van der Waals surface area contributed by atoms with E-state index in [2.05, 4.69) is 31.4 Å². The van der Waals surface area contributed by atoms with Crippen molar-refractivity contribution in [3.05, 3.63) is 50.4 Å². The monoisotopic (exact) mass is 365 g/mol. The summed E-state index contributed by atoms with van der Waals surface area (Å²) in [5.74, 6) is 0.0409. The second kappa shape index (κ2) is 6.95. The van der Waals surface area contributed by atoms with Crippen LogP contribution in [0.5, 0.6) is 0 Å². The molecule has 0 radical (unpaired) electrons. The Kier molecular flexibility index (Phi) is 5.25. The molecule has 1 N–H and O–H groups in total. The van der Waals surface area contributed by atoms with Gasteiger partial charge in [-0.1, -0.05) is 41.9 Å². The lowest BCUT2D eigenvalue weighted by atomic mass is 10.1. The summed E-state index contributed by atoms with van der Waals surface area (Å²) in [5, 5.41) is 6.47. The van der Waals surface area contributed by atoms with Crippen molar-refractivity contribution in [3.63, 3.8) is 0 Å². The number of thiazole rings is 1. The molecule has 0 saturated heterocycles. The number of halogens is 1. The number of hydrazone groups is 1. The van der Waals surface area contributed by atoms with Crippen LogP contribution in [-0.2, 0) is 0 Å². The number of nitrogens with one attached hydrogen (secondary N) is 1. The van der Waals surface area contributed by atoms with Gasteiger partial charge in [0.2, 0.25) is 0 Å². The molecular formula is C15H16BrN3OS. The highest BCUT2D eigenvalue weighted by atomic mass is 79.9. The lowest BCUT2D eigenvalue weighted by Gasteiger charge is -2.02. The van der Waals surface area contributed by atoms with Gasteiger partial charge in [0.25, 0.3) is 5.91 Å². The summed E-state index contributed by atoms with van der Waals surface area (Å²) in [6.07, 6.45) is 0. The van der Waals surface area contributed by atoms with Crippen molar-refractivity contribution in [2.45, 2.75) is 26.7 Å². The number of rotatable bonds is 4. The van der Waals surface area contributed by atoms with Gasteiger partial charge in [-0.2, -0.15) is 5.10 Å². The Labute approximate surface area is 136 Å². The zero-order valence-corrected chi connectivity index (χ0v) is 14.5. The number of hydrogen-bond donors (Lipinski definition) is 1. The number of aromatic nitrogens is 1. The van der Waals surface area contributed by atoms with Crippen LogP contribution in [-0.4, -0.2) is 16.6 Å². The van der Waals surface area contributed by atoms with Gasteiger partial charge < -0.3 is 0 Å². The fourth-order valence-corrected chi connectivity index (χ4v) is 2.73. The predicted octanol–water partition coefficient (Wildman–Crippen LogP) is 4.18. The van der Waals surface area contributed by atoms with E-state index in [0.717, 1.165) is 21.4 Å². The van der Waals surface area contributed by atoms with E-state index >= 15 is 0 Å². The summed E-state index contributed by atoms with van der Waals surface area (Å²) >= 11 is 4.72. The van der Waals surface area contributed by atoms with Gasteiger partial charge in [-0.15, -0.1) is 11.3 Å². The highest BCUT2D eigenvalue weighted by Gasteiger charge is 2.12. The smallest absolute Gasteiger partial charge is 0.265 e. The van der Waals surface area contributed by atoms with Crippen LogP contribution in [0.15, 0.2) is 39.2 Å². The number of nitrogens with zero attached hydrogens (tertiary/aromatic N) is 2. The normalized spacial score (nSPS) is 11.8. The van der Waals surface area contributed by atoms with Crippen LogP contribution in [0.3, 0.4) is 0 Å². The first kappa shape index (κ1) is 15.9. The number of benzene rings is 1. The van der Waals surface area contributed by atoms with E-state index in [1.54, 1.807) is 0 Å². The van der Waals surface area contributed by atoms with Gasteiger partial charge in [0.1, 0.15) is 0 Å². The van der Waals surface area contributed by atoms with Crippen LogP contribution in [0.4, 0.5) is 0 Å². The first-order chi connectivity index (χ1) is 9.97. The molecule has 1 amide bonds. The maximum absolute atomic E-state index is 12.0. The van der Waals surface area contributed by atoms with Crippen LogP contribution in [0.1, 0.15) is 47.7 Å². The molecule has 2 rings (SSSR count). The van der Waals surface area contributed by atoms with E-state index in [9.17, 15) is 4.79 Å². The summed E-state index contributed by atoms with van der Waals surface area (Å²) < 4.78 is 1.01. The summed E-state index contributed by atoms with van der Waals surface area (Å²) in [5.41, 5.74) is 5.18. The molecule has 0 spiro atoms. The van der Waals surface area contributed by atoms with Crippen molar-refractivity contribution in [2.24, 2.45) is 5.10 Å². The summed E-state index contributed by atoms with van der Waals surface area (Å²) in [4.78, 5) is 16.3. The van der Waals surface area contributed by atoms with Crippen LogP contribution in [0, 0.1) is 0 Å². The van der Waals surface area contributed by atoms with E-state index in [4.69, 9.17) is 0 Å². The molecule has 0 aliphatic heterocycles. The SMILES string of the molecule is C/C(=N/NC(=O)c1nc(C(C)C)cs1)c1ccc(Br)cc1. The second-order valence-corrected chi connectivity index (χ2v) is 6.65. The van der Waals surface area contributed by atoms with Crippen LogP contribution >= 0.6 is 27.3 Å². The standard InChI is InChI=1S/C15H16BrN3OS/c1-9(2)13-8-21-15(17-13)14(20)19-18-10(3)11-4-6-12(16)7-5-11/h4-9H,1-3H3,(H,19,20)/b18-10-. The molecule has 0 aliphatic carbocycles. The summed E-state index contributed by atoms with van der Waals surface area (Å²) in [7, 11) is 0. The molecule has 1 heterocycles. The molecule has 2 aromatic rings. The van der Waals surface area contributed by atoms with Gasteiger partial charge in [-0.05, 0) is 30.5 Å². The molecule has 0 bridgehead atoms. The Hall–Kier alpha value is -1.53. The number of hydrogen-bond acceptors (Lipinski definition) is 4. The fourth-order valence-electron chi connectivity index (χ4n) is 1.59. The van der Waals surface area contributed by atoms with Crippen molar-refractivity contribution in [1.82, 2.24) is 10.4 Å². The zero-order valence-electron chi connectivity index (χ0n) is 12.1. The Morgan fingerprint density at radius 1 is 1.33 bits per heavy atom. The van der Waals surface area contributed by atoms with Gasteiger partial charge in [0, 0.05) is 9.85 Å². The van der Waals surface area contributed by atoms with Gasteiger partial charge in [0.05, 0.1) is 11.4 Å². The minimum absolute atomic E-state index is 0.275. The molecule has 1 aromatic carbocycles. The molecule has 21 heavy (non-hydrogen) atoms.